The number of nitrogen functional groups attached to an aromatic ring is 1. The van der Waals surface area contributed by atoms with Crippen LogP contribution in [0, 0.1) is 6.92 Å². The van der Waals surface area contributed by atoms with Gasteiger partial charge in [0.05, 0.1) is 5.69 Å². The van der Waals surface area contributed by atoms with E-state index in [9.17, 15) is 13.6 Å². The number of alkyl halides is 2. The summed E-state index contributed by atoms with van der Waals surface area (Å²) < 4.78 is 26.2. The number of aryl methyl sites for hydroxylation is 1. The molecule has 0 bridgehead atoms. The summed E-state index contributed by atoms with van der Waals surface area (Å²) >= 11 is 1.04. The number of nitrogens with one attached hydrogen (secondary N) is 1. The molecule has 4 nitrogen and oxygen atoms in total. The van der Waals surface area contributed by atoms with Gasteiger partial charge >= 0.3 is 0 Å². The van der Waals surface area contributed by atoms with Gasteiger partial charge in [-0.3, -0.25) is 4.79 Å². The van der Waals surface area contributed by atoms with Crippen LogP contribution in [0.5, 0.6) is 0 Å². The van der Waals surface area contributed by atoms with Crippen molar-refractivity contribution in [3.63, 3.8) is 0 Å². The maximum atomic E-state index is 13.1. The predicted molar refractivity (Wildman–Crippen MR) is 76.3 cm³/mol. The molecule has 1 amide bonds. The lowest BCUT2D eigenvalue weighted by atomic mass is 10.1. The van der Waals surface area contributed by atoms with Crippen molar-refractivity contribution in [2.24, 2.45) is 0 Å². The zero-order chi connectivity index (χ0) is 15.0. The molecule has 0 radical (unpaired) electrons. The van der Waals surface area contributed by atoms with E-state index in [-0.39, 0.29) is 33.5 Å². The topological polar surface area (TPSA) is 68.0 Å². The molecule has 0 unspecified atom stereocenters. The van der Waals surface area contributed by atoms with Crippen LogP contribution >= 0.6 is 11.3 Å². The number of nitrogens with two attached hydrogens (primary N) is 1. The average molecular weight is 299 g/mol. The van der Waals surface area contributed by atoms with Crippen LogP contribution in [-0.4, -0.2) is 16.9 Å². The number of amides is 1. The van der Waals surface area contributed by atoms with Crippen molar-refractivity contribution >= 4 is 33.1 Å². The molecule has 0 saturated heterocycles. The third-order valence-electron chi connectivity index (χ3n) is 2.72. The first-order valence-electron chi connectivity index (χ1n) is 6.09. The Labute approximate surface area is 119 Å². The van der Waals surface area contributed by atoms with Gasteiger partial charge in [0.1, 0.15) is 9.71 Å². The molecule has 2 heterocycles. The van der Waals surface area contributed by atoms with Crippen LogP contribution in [0.1, 0.15) is 41.2 Å². The van der Waals surface area contributed by atoms with E-state index in [1.807, 2.05) is 13.8 Å². The smallest absolute Gasteiger partial charge is 0.264 e. The van der Waals surface area contributed by atoms with Crippen molar-refractivity contribution in [1.82, 2.24) is 10.3 Å². The normalized spacial score (nSPS) is 11.6. The molecule has 0 saturated carbocycles. The SMILES string of the molecule is Cc1cc(C(F)F)c2c(N)c(C(=O)NC(C)C)sc2n1. The third kappa shape index (κ3) is 2.58. The molecule has 2 aromatic rings. The third-order valence-corrected chi connectivity index (χ3v) is 3.82. The number of carbonyl (C=O) groups excluding carboxylic acids is 1. The highest BCUT2D eigenvalue weighted by atomic mass is 32.1. The Balaban J connectivity index is 2.63. The lowest BCUT2D eigenvalue weighted by Gasteiger charge is -2.07. The second-order valence-electron chi connectivity index (χ2n) is 4.81. The van der Waals surface area contributed by atoms with E-state index in [4.69, 9.17) is 5.73 Å². The largest absolute Gasteiger partial charge is 0.397 e. The summed E-state index contributed by atoms with van der Waals surface area (Å²) in [7, 11) is 0. The molecule has 0 aliphatic heterocycles. The first kappa shape index (κ1) is 14.6. The lowest BCUT2D eigenvalue weighted by Crippen LogP contribution is -2.29. The standard InChI is InChI=1S/C13H15F2N3OS/c1-5(2)17-12(19)10-9(16)8-7(11(14)15)4-6(3)18-13(8)20-10/h4-5,11H,16H2,1-3H3,(H,17,19). The number of anilines is 1. The van der Waals surface area contributed by atoms with Crippen LogP contribution < -0.4 is 11.1 Å². The molecule has 2 rings (SSSR count). The number of aromatic nitrogens is 1. The van der Waals surface area contributed by atoms with Crippen LogP contribution in [0.4, 0.5) is 14.5 Å². The molecular formula is C13H15F2N3OS. The number of nitrogens with zero attached hydrogens (tertiary/aromatic N) is 1. The number of pyridine rings is 1. The predicted octanol–water partition coefficient (Wildman–Crippen LogP) is 3.26. The number of fused-ring (bicyclic) bond motifs is 1. The number of carbonyl (C=O) groups is 1. The number of halogens is 2. The summed E-state index contributed by atoms with van der Waals surface area (Å²) in [4.78, 5) is 16.8. The molecule has 108 valence electrons. The number of hydrogen-bond acceptors (Lipinski definition) is 4. The Morgan fingerprint density at radius 3 is 2.65 bits per heavy atom. The summed E-state index contributed by atoms with van der Waals surface area (Å²) in [5.74, 6) is -0.363. The maximum absolute atomic E-state index is 13.1. The van der Waals surface area contributed by atoms with E-state index in [0.29, 0.717) is 10.5 Å². The van der Waals surface area contributed by atoms with Crippen molar-refractivity contribution in [2.75, 3.05) is 5.73 Å². The number of rotatable bonds is 3. The van der Waals surface area contributed by atoms with Gasteiger partial charge in [0, 0.05) is 22.7 Å². The summed E-state index contributed by atoms with van der Waals surface area (Å²) in [5, 5.41) is 2.89. The summed E-state index contributed by atoms with van der Waals surface area (Å²) in [6.07, 6.45) is -2.66. The molecule has 0 aliphatic rings. The fraction of sp³-hybridized carbons (Fsp3) is 0.385. The van der Waals surface area contributed by atoms with E-state index >= 15 is 0 Å². The highest BCUT2D eigenvalue weighted by molar-refractivity contribution is 7.21. The van der Waals surface area contributed by atoms with E-state index in [0.717, 1.165) is 11.3 Å². The Morgan fingerprint density at radius 1 is 1.45 bits per heavy atom. The molecule has 0 spiro atoms. The van der Waals surface area contributed by atoms with Gasteiger partial charge in [-0.1, -0.05) is 0 Å². The van der Waals surface area contributed by atoms with Gasteiger partial charge in [0.25, 0.3) is 12.3 Å². The van der Waals surface area contributed by atoms with Gasteiger partial charge in [-0.2, -0.15) is 0 Å². The van der Waals surface area contributed by atoms with Crippen LogP contribution in [-0.2, 0) is 0 Å². The van der Waals surface area contributed by atoms with Crippen molar-refractivity contribution < 1.29 is 13.6 Å². The molecule has 0 aliphatic carbocycles. The number of thiophene rings is 1. The second kappa shape index (κ2) is 5.32. The van der Waals surface area contributed by atoms with E-state index < -0.39 is 6.43 Å². The van der Waals surface area contributed by atoms with Gasteiger partial charge in [-0.05, 0) is 26.8 Å². The summed E-state index contributed by atoms with van der Waals surface area (Å²) in [6, 6.07) is 1.25. The molecule has 0 aromatic carbocycles. The molecule has 0 fully saturated rings. The maximum Gasteiger partial charge on any atom is 0.264 e. The molecule has 2 aromatic heterocycles. The van der Waals surface area contributed by atoms with Gasteiger partial charge in [-0.15, -0.1) is 11.3 Å². The van der Waals surface area contributed by atoms with Crippen LogP contribution in [0.15, 0.2) is 6.07 Å². The van der Waals surface area contributed by atoms with E-state index in [1.54, 1.807) is 6.92 Å². The Morgan fingerprint density at radius 2 is 2.10 bits per heavy atom. The lowest BCUT2D eigenvalue weighted by molar-refractivity contribution is 0.0948. The monoisotopic (exact) mass is 299 g/mol. The van der Waals surface area contributed by atoms with Crippen LogP contribution in [0.2, 0.25) is 0 Å². The van der Waals surface area contributed by atoms with Gasteiger partial charge in [0.2, 0.25) is 0 Å². The van der Waals surface area contributed by atoms with E-state index in [1.165, 1.54) is 6.07 Å². The first-order valence-corrected chi connectivity index (χ1v) is 6.91. The first-order chi connectivity index (χ1) is 9.31. The van der Waals surface area contributed by atoms with Crippen LogP contribution in [0.3, 0.4) is 0 Å². The quantitative estimate of drug-likeness (QED) is 0.914. The average Bonchev–Trinajstić information content (AvgIpc) is 2.64. The van der Waals surface area contributed by atoms with E-state index in [2.05, 4.69) is 10.3 Å². The van der Waals surface area contributed by atoms with Gasteiger partial charge < -0.3 is 11.1 Å². The molecule has 0 atom stereocenters. The van der Waals surface area contributed by atoms with Crippen LogP contribution in [0.25, 0.3) is 10.2 Å². The minimum Gasteiger partial charge on any atom is -0.397 e. The summed E-state index contributed by atoms with van der Waals surface area (Å²) in [6.45, 7) is 5.26. The van der Waals surface area contributed by atoms with Crippen molar-refractivity contribution in [3.05, 3.63) is 22.2 Å². The van der Waals surface area contributed by atoms with Gasteiger partial charge in [0.15, 0.2) is 0 Å². The molecule has 7 heteroatoms. The zero-order valence-electron chi connectivity index (χ0n) is 11.3. The highest BCUT2D eigenvalue weighted by Crippen LogP contribution is 2.38. The number of hydrogen-bond donors (Lipinski definition) is 2. The highest BCUT2D eigenvalue weighted by Gasteiger charge is 2.23. The molecule has 3 N–H and O–H groups in total. The Hall–Kier alpha value is -1.76. The minimum atomic E-state index is -2.66. The fourth-order valence-corrected chi connectivity index (χ4v) is 3.02. The zero-order valence-corrected chi connectivity index (χ0v) is 12.1. The summed E-state index contributed by atoms with van der Waals surface area (Å²) in [5.41, 5.74) is 6.26. The second-order valence-corrected chi connectivity index (χ2v) is 5.81. The van der Waals surface area contributed by atoms with Crippen molar-refractivity contribution in [3.8, 4) is 0 Å². The Kier molecular flexibility index (Phi) is 3.89. The van der Waals surface area contributed by atoms with Gasteiger partial charge in [-0.25, -0.2) is 13.8 Å². The van der Waals surface area contributed by atoms with Crippen molar-refractivity contribution in [1.29, 1.82) is 0 Å². The molecular weight excluding hydrogens is 284 g/mol. The molecule has 20 heavy (non-hydrogen) atoms. The van der Waals surface area contributed by atoms with Crippen molar-refractivity contribution in [2.45, 2.75) is 33.2 Å². The fourth-order valence-electron chi connectivity index (χ4n) is 1.95. The Bertz CT molecular complexity index is 667. The minimum absolute atomic E-state index is 0.0589.